The summed E-state index contributed by atoms with van der Waals surface area (Å²) in [5.74, 6) is -1.35. The lowest BCUT2D eigenvalue weighted by atomic mass is 10.1. The Morgan fingerprint density at radius 1 is 0.947 bits per heavy atom. The van der Waals surface area contributed by atoms with E-state index < -0.39 is 34.3 Å². The molecule has 0 aromatic heterocycles. The van der Waals surface area contributed by atoms with E-state index >= 15 is 0 Å². The van der Waals surface area contributed by atoms with Crippen molar-refractivity contribution in [1.29, 1.82) is 0 Å². The van der Waals surface area contributed by atoms with Crippen LogP contribution < -0.4 is 9.62 Å². The first-order chi connectivity index (χ1) is 18.1. The van der Waals surface area contributed by atoms with Gasteiger partial charge in [-0.25, -0.2) is 12.8 Å². The summed E-state index contributed by atoms with van der Waals surface area (Å²) in [7, 11) is -4.13. The minimum absolute atomic E-state index is 0.00522. The average Bonchev–Trinajstić information content (AvgIpc) is 2.91. The van der Waals surface area contributed by atoms with Gasteiger partial charge in [0.2, 0.25) is 11.8 Å². The van der Waals surface area contributed by atoms with Gasteiger partial charge in [-0.05, 0) is 68.7 Å². The molecule has 1 N–H and O–H groups in total. The molecule has 0 fully saturated rings. The fraction of sp³-hybridized carbons (Fsp3) is 0.310. The maximum Gasteiger partial charge on any atom is 0.264 e. The molecular weight excluding hydrogens is 505 g/mol. The Balaban J connectivity index is 2.06. The van der Waals surface area contributed by atoms with E-state index in [0.717, 1.165) is 15.4 Å². The summed E-state index contributed by atoms with van der Waals surface area (Å²) in [6, 6.07) is 18.2. The molecule has 3 rings (SSSR count). The molecule has 0 heterocycles. The Hall–Kier alpha value is -3.72. The zero-order valence-electron chi connectivity index (χ0n) is 22.1. The van der Waals surface area contributed by atoms with E-state index in [1.54, 1.807) is 38.1 Å². The molecule has 0 radical (unpaired) electrons. The number of likely N-dealkylation sites (N-methyl/N-ethyl adjacent to an activating group) is 1. The zero-order chi connectivity index (χ0) is 27.9. The van der Waals surface area contributed by atoms with Crippen molar-refractivity contribution >= 4 is 27.5 Å². The first-order valence-corrected chi connectivity index (χ1v) is 14.0. The summed E-state index contributed by atoms with van der Waals surface area (Å²) >= 11 is 0. The Morgan fingerprint density at radius 3 is 2.18 bits per heavy atom. The second kappa shape index (κ2) is 12.7. The topological polar surface area (TPSA) is 86.8 Å². The highest BCUT2D eigenvalue weighted by Gasteiger charge is 2.33. The van der Waals surface area contributed by atoms with Crippen LogP contribution in [0.4, 0.5) is 10.1 Å². The third-order valence-corrected chi connectivity index (χ3v) is 8.09. The van der Waals surface area contributed by atoms with Crippen molar-refractivity contribution in [2.45, 2.75) is 51.6 Å². The number of para-hydroxylation sites is 1. The molecule has 202 valence electrons. The molecule has 2 amide bonds. The number of amides is 2. The smallest absolute Gasteiger partial charge is 0.264 e. The van der Waals surface area contributed by atoms with Gasteiger partial charge in [0, 0.05) is 13.1 Å². The predicted octanol–water partition coefficient (Wildman–Crippen LogP) is 4.45. The van der Waals surface area contributed by atoms with Crippen LogP contribution in [0, 0.1) is 12.7 Å². The van der Waals surface area contributed by atoms with Crippen LogP contribution in [-0.4, -0.2) is 44.3 Å². The van der Waals surface area contributed by atoms with Crippen molar-refractivity contribution < 1.29 is 22.4 Å². The van der Waals surface area contributed by atoms with Gasteiger partial charge in [-0.3, -0.25) is 13.9 Å². The van der Waals surface area contributed by atoms with Gasteiger partial charge in [-0.1, -0.05) is 55.0 Å². The fourth-order valence-electron chi connectivity index (χ4n) is 4.09. The predicted molar refractivity (Wildman–Crippen MR) is 147 cm³/mol. The van der Waals surface area contributed by atoms with E-state index in [0.29, 0.717) is 24.2 Å². The number of carbonyl (C=O) groups is 2. The molecule has 3 aromatic rings. The molecule has 0 saturated heterocycles. The van der Waals surface area contributed by atoms with Crippen LogP contribution in [0.1, 0.15) is 37.5 Å². The van der Waals surface area contributed by atoms with E-state index in [1.807, 2.05) is 26.0 Å². The number of benzene rings is 3. The van der Waals surface area contributed by atoms with Crippen LogP contribution in [0.3, 0.4) is 0 Å². The van der Waals surface area contributed by atoms with Gasteiger partial charge in [0.15, 0.2) is 0 Å². The lowest BCUT2D eigenvalue weighted by Crippen LogP contribution is -2.51. The maximum atomic E-state index is 13.9. The van der Waals surface area contributed by atoms with E-state index in [1.165, 1.54) is 41.3 Å². The molecule has 3 aromatic carbocycles. The first kappa shape index (κ1) is 28.8. The third kappa shape index (κ3) is 6.77. The minimum atomic E-state index is -4.13. The lowest BCUT2D eigenvalue weighted by molar-refractivity contribution is -0.139. The Morgan fingerprint density at radius 2 is 1.58 bits per heavy atom. The van der Waals surface area contributed by atoms with Gasteiger partial charge >= 0.3 is 0 Å². The van der Waals surface area contributed by atoms with Crippen LogP contribution in [0.15, 0.2) is 77.7 Å². The van der Waals surface area contributed by atoms with E-state index in [-0.39, 0.29) is 17.3 Å². The molecule has 38 heavy (non-hydrogen) atoms. The van der Waals surface area contributed by atoms with Crippen LogP contribution in [-0.2, 0) is 32.6 Å². The molecule has 7 nitrogen and oxygen atoms in total. The van der Waals surface area contributed by atoms with Crippen LogP contribution in [0.25, 0.3) is 0 Å². The summed E-state index contributed by atoms with van der Waals surface area (Å²) in [5.41, 5.74) is 2.67. The number of carbonyl (C=O) groups excluding carboxylic acids is 2. The van der Waals surface area contributed by atoms with Crippen LogP contribution in [0.2, 0.25) is 0 Å². The Kier molecular flexibility index (Phi) is 9.63. The van der Waals surface area contributed by atoms with Crippen LogP contribution >= 0.6 is 0 Å². The number of sulfonamides is 1. The lowest BCUT2D eigenvalue weighted by Gasteiger charge is -2.32. The quantitative estimate of drug-likeness (QED) is 0.390. The zero-order valence-corrected chi connectivity index (χ0v) is 23.0. The van der Waals surface area contributed by atoms with Gasteiger partial charge in [0.25, 0.3) is 10.0 Å². The summed E-state index contributed by atoms with van der Waals surface area (Å²) in [6.07, 6.45) is 0.554. The van der Waals surface area contributed by atoms with Crippen molar-refractivity contribution in [3.8, 4) is 0 Å². The van der Waals surface area contributed by atoms with E-state index in [4.69, 9.17) is 0 Å². The summed E-state index contributed by atoms with van der Waals surface area (Å²) in [5, 5.41) is 2.72. The van der Waals surface area contributed by atoms with Crippen LogP contribution in [0.5, 0.6) is 0 Å². The van der Waals surface area contributed by atoms with Gasteiger partial charge < -0.3 is 10.2 Å². The van der Waals surface area contributed by atoms with E-state index in [9.17, 15) is 22.4 Å². The van der Waals surface area contributed by atoms with Gasteiger partial charge in [-0.15, -0.1) is 0 Å². The largest absolute Gasteiger partial charge is 0.355 e. The number of nitrogens with one attached hydrogen (secondary N) is 1. The molecule has 9 heteroatoms. The number of rotatable bonds is 11. The third-order valence-electron chi connectivity index (χ3n) is 6.31. The second-order valence-electron chi connectivity index (χ2n) is 9.03. The average molecular weight is 540 g/mol. The molecule has 0 aliphatic carbocycles. The minimum Gasteiger partial charge on any atom is -0.355 e. The highest BCUT2D eigenvalue weighted by Crippen LogP contribution is 2.28. The normalized spacial score (nSPS) is 12.0. The van der Waals surface area contributed by atoms with Crippen molar-refractivity contribution in [1.82, 2.24) is 10.2 Å². The number of aryl methyl sites for hydroxylation is 2. The van der Waals surface area contributed by atoms with Gasteiger partial charge in [0.05, 0.1) is 10.6 Å². The summed E-state index contributed by atoms with van der Waals surface area (Å²) in [4.78, 5) is 28.0. The highest BCUT2D eigenvalue weighted by molar-refractivity contribution is 7.92. The monoisotopic (exact) mass is 539 g/mol. The molecular formula is C29H34FN3O4S. The molecule has 0 saturated carbocycles. The van der Waals surface area contributed by atoms with Crippen molar-refractivity contribution in [2.75, 3.05) is 17.4 Å². The van der Waals surface area contributed by atoms with Gasteiger partial charge in [0.1, 0.15) is 18.4 Å². The van der Waals surface area contributed by atoms with Gasteiger partial charge in [-0.2, -0.15) is 0 Å². The number of hydrogen-bond donors (Lipinski definition) is 1. The molecule has 1 atom stereocenters. The number of hydrogen-bond acceptors (Lipinski definition) is 4. The van der Waals surface area contributed by atoms with Crippen molar-refractivity contribution in [3.63, 3.8) is 0 Å². The van der Waals surface area contributed by atoms with Crippen molar-refractivity contribution in [3.05, 3.63) is 95.3 Å². The molecule has 0 aliphatic heterocycles. The number of halogens is 1. The maximum absolute atomic E-state index is 13.9. The molecule has 0 aliphatic rings. The molecule has 1 unspecified atom stereocenters. The summed E-state index contributed by atoms with van der Waals surface area (Å²) in [6.45, 7) is 7.00. The highest BCUT2D eigenvalue weighted by atomic mass is 32.2. The second-order valence-corrected chi connectivity index (χ2v) is 10.9. The number of anilines is 1. The summed E-state index contributed by atoms with van der Waals surface area (Å²) < 4.78 is 42.4. The van der Waals surface area contributed by atoms with E-state index in [2.05, 4.69) is 5.32 Å². The Labute approximate surface area is 224 Å². The molecule has 0 spiro atoms. The first-order valence-electron chi connectivity index (χ1n) is 12.6. The fourth-order valence-corrected chi connectivity index (χ4v) is 5.55. The SMILES string of the molecule is CCNC(=O)C(C)N(Cc1ccc(F)cc1)C(=O)CN(c1ccccc1CC)S(=O)(=O)c1ccc(C)cc1. The Bertz CT molecular complexity index is 1360. The number of nitrogens with zero attached hydrogens (tertiary/aromatic N) is 2. The molecule has 0 bridgehead atoms. The standard InChI is InChI=1S/C29H34FN3O4S/c1-5-24-9-7-8-10-27(24)33(38(36,37)26-17-11-21(3)12-18-26)20-28(34)32(22(4)29(35)31-6-2)19-23-13-15-25(30)16-14-23/h7-18,22H,5-6,19-20H2,1-4H3,(H,31,35). The van der Waals surface area contributed by atoms with Crippen molar-refractivity contribution in [2.24, 2.45) is 0 Å².